The average Bonchev–Trinajstić information content (AvgIpc) is 2.52. The van der Waals surface area contributed by atoms with Crippen LogP contribution in [0.2, 0.25) is 0 Å². The summed E-state index contributed by atoms with van der Waals surface area (Å²) in [7, 11) is 0. The number of nitrogens with one attached hydrogen (secondary N) is 1. The summed E-state index contributed by atoms with van der Waals surface area (Å²) in [5, 5.41) is 2.99. The maximum Gasteiger partial charge on any atom is 0.312 e. The van der Waals surface area contributed by atoms with Crippen molar-refractivity contribution in [2.24, 2.45) is 11.7 Å². The molecule has 0 bridgehead atoms. The third kappa shape index (κ3) is 4.81. The summed E-state index contributed by atoms with van der Waals surface area (Å²) >= 11 is 0. The number of carbonyl (C=O) groups excluding carboxylic acids is 3. The Morgan fingerprint density at radius 2 is 1.78 bits per heavy atom. The van der Waals surface area contributed by atoms with Crippen LogP contribution in [0.3, 0.4) is 0 Å². The molecule has 2 rings (SSSR count). The van der Waals surface area contributed by atoms with E-state index in [1.54, 1.807) is 0 Å². The highest BCUT2D eigenvalue weighted by molar-refractivity contribution is 6.35. The topological polar surface area (TPSA) is 95.7 Å². The maximum atomic E-state index is 12.2. The van der Waals surface area contributed by atoms with Gasteiger partial charge in [-0.15, -0.1) is 12.4 Å². The average molecular weight is 347 g/mol. The van der Waals surface area contributed by atoms with Gasteiger partial charge < -0.3 is 20.9 Å². The Balaban J connectivity index is 0.00000264. The number of hydrogen-bond acceptors (Lipinski definition) is 4. The minimum atomic E-state index is -0.581. The first-order valence-electron chi connectivity index (χ1n) is 8.14. The highest BCUT2D eigenvalue weighted by atomic mass is 35.5. The summed E-state index contributed by atoms with van der Waals surface area (Å²) in [4.78, 5) is 38.8. The summed E-state index contributed by atoms with van der Waals surface area (Å²) in [5.74, 6) is -0.982. The van der Waals surface area contributed by atoms with Gasteiger partial charge in [-0.25, -0.2) is 0 Å². The molecule has 0 radical (unpaired) electrons. The molecule has 0 aromatic rings. The molecule has 1 aliphatic carbocycles. The van der Waals surface area contributed by atoms with Gasteiger partial charge in [-0.1, -0.05) is 12.8 Å². The predicted molar refractivity (Wildman–Crippen MR) is 89.0 cm³/mol. The number of nitrogens with two attached hydrogens (primary N) is 1. The molecule has 2 fully saturated rings. The number of halogens is 1. The van der Waals surface area contributed by atoms with Crippen LogP contribution in [-0.2, 0) is 14.4 Å². The van der Waals surface area contributed by atoms with Crippen molar-refractivity contribution in [1.29, 1.82) is 0 Å². The molecule has 132 valence electrons. The number of carbonyl (C=O) groups is 3. The minimum Gasteiger partial charge on any atom is -0.352 e. The van der Waals surface area contributed by atoms with Crippen LogP contribution < -0.4 is 11.1 Å². The SMILES string of the molecule is CCN1CCN(CC(=O)NC2CCCCC2CN)C(=O)C1=O.Cl. The number of rotatable bonds is 5. The van der Waals surface area contributed by atoms with Gasteiger partial charge in [0.25, 0.3) is 0 Å². The van der Waals surface area contributed by atoms with E-state index in [0.717, 1.165) is 25.7 Å². The van der Waals surface area contributed by atoms with E-state index in [2.05, 4.69) is 5.32 Å². The van der Waals surface area contributed by atoms with Gasteiger partial charge in [0.2, 0.25) is 5.91 Å². The minimum absolute atomic E-state index is 0. The first-order valence-corrected chi connectivity index (χ1v) is 8.14. The molecule has 0 aromatic heterocycles. The Morgan fingerprint density at radius 1 is 1.17 bits per heavy atom. The Bertz CT molecular complexity index is 446. The van der Waals surface area contributed by atoms with Crippen molar-refractivity contribution in [1.82, 2.24) is 15.1 Å². The van der Waals surface area contributed by atoms with Crippen LogP contribution in [0.5, 0.6) is 0 Å². The van der Waals surface area contributed by atoms with Crippen LogP contribution in [0.25, 0.3) is 0 Å². The van der Waals surface area contributed by atoms with Gasteiger partial charge in [0.05, 0.1) is 0 Å². The largest absolute Gasteiger partial charge is 0.352 e. The zero-order chi connectivity index (χ0) is 16.1. The third-order valence-corrected chi connectivity index (χ3v) is 4.67. The fourth-order valence-corrected chi connectivity index (χ4v) is 3.27. The van der Waals surface area contributed by atoms with Gasteiger partial charge >= 0.3 is 11.8 Å². The van der Waals surface area contributed by atoms with E-state index in [0.29, 0.717) is 32.1 Å². The molecule has 7 nitrogen and oxygen atoms in total. The van der Waals surface area contributed by atoms with Crippen LogP contribution >= 0.6 is 12.4 Å². The zero-order valence-corrected chi connectivity index (χ0v) is 14.4. The highest BCUT2D eigenvalue weighted by Gasteiger charge is 2.33. The molecule has 2 aliphatic rings. The Kier molecular flexibility index (Phi) is 7.78. The van der Waals surface area contributed by atoms with Crippen molar-refractivity contribution in [3.05, 3.63) is 0 Å². The number of hydrogen-bond donors (Lipinski definition) is 2. The molecule has 0 aromatic carbocycles. The summed E-state index contributed by atoms with van der Waals surface area (Å²) in [5.41, 5.74) is 5.76. The molecule has 23 heavy (non-hydrogen) atoms. The third-order valence-electron chi connectivity index (χ3n) is 4.67. The second-order valence-corrected chi connectivity index (χ2v) is 6.07. The second-order valence-electron chi connectivity index (χ2n) is 6.07. The fourth-order valence-electron chi connectivity index (χ4n) is 3.27. The highest BCUT2D eigenvalue weighted by Crippen LogP contribution is 2.23. The van der Waals surface area contributed by atoms with Crippen LogP contribution in [0.4, 0.5) is 0 Å². The van der Waals surface area contributed by atoms with Gasteiger partial charge in [-0.05, 0) is 32.2 Å². The lowest BCUT2D eigenvalue weighted by molar-refractivity contribution is -0.156. The fraction of sp³-hybridized carbons (Fsp3) is 0.800. The van der Waals surface area contributed by atoms with E-state index in [1.165, 1.54) is 9.80 Å². The van der Waals surface area contributed by atoms with E-state index in [9.17, 15) is 14.4 Å². The number of amides is 3. The van der Waals surface area contributed by atoms with Crippen molar-refractivity contribution in [3.63, 3.8) is 0 Å². The number of piperazine rings is 1. The summed E-state index contributed by atoms with van der Waals surface area (Å²) in [6.07, 6.45) is 4.21. The lowest BCUT2D eigenvalue weighted by Gasteiger charge is -2.34. The van der Waals surface area contributed by atoms with Crippen molar-refractivity contribution in [2.45, 2.75) is 38.6 Å². The molecule has 1 saturated heterocycles. The van der Waals surface area contributed by atoms with Crippen LogP contribution in [0.1, 0.15) is 32.6 Å². The lowest BCUT2D eigenvalue weighted by atomic mass is 9.84. The molecule has 1 heterocycles. The van der Waals surface area contributed by atoms with Gasteiger partial charge in [0.1, 0.15) is 6.54 Å². The van der Waals surface area contributed by atoms with Crippen molar-refractivity contribution in [2.75, 3.05) is 32.7 Å². The Labute approximate surface area is 143 Å². The molecule has 3 amide bonds. The lowest BCUT2D eigenvalue weighted by Crippen LogP contribution is -2.57. The monoisotopic (exact) mass is 346 g/mol. The van der Waals surface area contributed by atoms with E-state index in [-0.39, 0.29) is 30.9 Å². The van der Waals surface area contributed by atoms with Gasteiger partial charge in [-0.2, -0.15) is 0 Å². The molecule has 0 spiro atoms. The van der Waals surface area contributed by atoms with E-state index in [1.807, 2.05) is 6.92 Å². The van der Waals surface area contributed by atoms with Gasteiger partial charge in [0, 0.05) is 25.7 Å². The van der Waals surface area contributed by atoms with Crippen LogP contribution in [0.15, 0.2) is 0 Å². The smallest absolute Gasteiger partial charge is 0.312 e. The van der Waals surface area contributed by atoms with E-state index in [4.69, 9.17) is 5.73 Å². The van der Waals surface area contributed by atoms with Crippen molar-refractivity contribution >= 4 is 30.1 Å². The molecule has 2 unspecified atom stereocenters. The first-order chi connectivity index (χ1) is 10.6. The molecule has 1 aliphatic heterocycles. The predicted octanol–water partition coefficient (Wildman–Crippen LogP) is -0.267. The molecular formula is C15H27ClN4O3. The Morgan fingerprint density at radius 3 is 2.43 bits per heavy atom. The van der Waals surface area contributed by atoms with Gasteiger partial charge in [-0.3, -0.25) is 14.4 Å². The van der Waals surface area contributed by atoms with Crippen LogP contribution in [-0.4, -0.2) is 66.3 Å². The second kappa shape index (κ2) is 9.08. The maximum absolute atomic E-state index is 12.2. The number of nitrogens with zero attached hydrogens (tertiary/aromatic N) is 2. The zero-order valence-electron chi connectivity index (χ0n) is 13.6. The molecule has 8 heteroatoms. The van der Waals surface area contributed by atoms with Gasteiger partial charge in [0.15, 0.2) is 0 Å². The molecule has 2 atom stereocenters. The van der Waals surface area contributed by atoms with E-state index < -0.39 is 11.8 Å². The normalized spacial score (nSPS) is 25.1. The quantitative estimate of drug-likeness (QED) is 0.670. The molecule has 1 saturated carbocycles. The molecule has 3 N–H and O–H groups in total. The standard InChI is InChI=1S/C15H26N4O3.ClH/c1-2-18-7-8-19(15(22)14(18)21)10-13(20)17-12-6-4-3-5-11(12)9-16;/h11-12H,2-10,16H2,1H3,(H,17,20);1H. The summed E-state index contributed by atoms with van der Waals surface area (Å²) < 4.78 is 0. The molecular weight excluding hydrogens is 320 g/mol. The first kappa shape index (κ1) is 19.7. The van der Waals surface area contributed by atoms with E-state index >= 15 is 0 Å². The summed E-state index contributed by atoms with van der Waals surface area (Å²) in [6, 6.07) is 0.0917. The van der Waals surface area contributed by atoms with Crippen molar-refractivity contribution in [3.8, 4) is 0 Å². The summed E-state index contributed by atoms with van der Waals surface area (Å²) in [6.45, 7) is 3.78. The number of likely N-dealkylation sites (N-methyl/N-ethyl adjacent to an activating group) is 1. The van der Waals surface area contributed by atoms with Crippen molar-refractivity contribution < 1.29 is 14.4 Å². The van der Waals surface area contributed by atoms with Crippen LogP contribution in [0, 0.1) is 5.92 Å². The Hall–Kier alpha value is -1.34.